The fourth-order valence-electron chi connectivity index (χ4n) is 2.93. The van der Waals surface area contributed by atoms with Crippen molar-refractivity contribution >= 4 is 22.4 Å². The molecule has 0 bridgehead atoms. The van der Waals surface area contributed by atoms with E-state index in [-0.39, 0.29) is 11.3 Å². The third-order valence-electron chi connectivity index (χ3n) is 4.12. The van der Waals surface area contributed by atoms with E-state index in [0.717, 1.165) is 35.1 Å². The topological polar surface area (TPSA) is 66.6 Å². The Balaban J connectivity index is 1.62. The van der Waals surface area contributed by atoms with Gasteiger partial charge in [-0.3, -0.25) is 4.79 Å². The molecule has 0 aliphatic carbocycles. The Bertz CT molecular complexity index is 940. The maximum absolute atomic E-state index is 12.3. The number of hydrogen-bond acceptors (Lipinski definition) is 3. The van der Waals surface area contributed by atoms with Gasteiger partial charge < -0.3 is 9.67 Å². The third-order valence-corrected chi connectivity index (χ3v) is 4.12. The molecule has 1 aliphatic rings. The van der Waals surface area contributed by atoms with Crippen molar-refractivity contribution in [3.8, 4) is 5.75 Å². The predicted octanol–water partition coefficient (Wildman–Crippen LogP) is 2.88. The van der Waals surface area contributed by atoms with Gasteiger partial charge in [-0.15, -0.1) is 0 Å². The van der Waals surface area contributed by atoms with E-state index < -0.39 is 5.91 Å². The Hall–Kier alpha value is -3.08. The van der Waals surface area contributed by atoms with Gasteiger partial charge in [0.05, 0.1) is 17.0 Å². The Morgan fingerprint density at radius 1 is 1.13 bits per heavy atom. The minimum absolute atomic E-state index is 0.0452. The van der Waals surface area contributed by atoms with Gasteiger partial charge in [0.15, 0.2) is 0 Å². The van der Waals surface area contributed by atoms with Gasteiger partial charge >= 0.3 is 0 Å². The van der Waals surface area contributed by atoms with Crippen molar-refractivity contribution in [3.05, 3.63) is 66.0 Å². The van der Waals surface area contributed by atoms with E-state index in [0.29, 0.717) is 0 Å². The maximum Gasteiger partial charge on any atom is 0.275 e. The van der Waals surface area contributed by atoms with Gasteiger partial charge in [0.2, 0.25) is 0 Å². The zero-order valence-corrected chi connectivity index (χ0v) is 12.4. The molecule has 1 aromatic heterocycles. The first-order chi connectivity index (χ1) is 11.2. The van der Waals surface area contributed by atoms with Crippen molar-refractivity contribution in [2.45, 2.75) is 13.0 Å². The second-order valence-electron chi connectivity index (χ2n) is 5.55. The molecule has 0 unspecified atom stereocenters. The van der Waals surface area contributed by atoms with Gasteiger partial charge in [0, 0.05) is 19.2 Å². The molecule has 0 radical (unpaired) electrons. The summed E-state index contributed by atoms with van der Waals surface area (Å²) in [4.78, 5) is 12.3. The molecule has 2 heterocycles. The Kier molecular flexibility index (Phi) is 3.12. The number of nitrogens with zero attached hydrogens (tertiary/aromatic N) is 2. The first-order valence-corrected chi connectivity index (χ1v) is 7.46. The summed E-state index contributed by atoms with van der Waals surface area (Å²) in [5, 5.41) is 16.1. The average Bonchev–Trinajstić information content (AvgIpc) is 3.15. The number of phenolic OH excluding ortho intramolecular Hbond substituents is 1. The van der Waals surface area contributed by atoms with Crippen LogP contribution >= 0.6 is 0 Å². The quantitative estimate of drug-likeness (QED) is 0.715. The summed E-state index contributed by atoms with van der Waals surface area (Å²) in [6.45, 7) is 0.873. The summed E-state index contributed by atoms with van der Waals surface area (Å²) in [5.41, 5.74) is 4.65. The molecule has 4 rings (SSSR count). The number of amides is 1. The smallest absolute Gasteiger partial charge is 0.275 e. The molecule has 0 saturated carbocycles. The fraction of sp³-hybridized carbons (Fsp3) is 0.111. The van der Waals surface area contributed by atoms with Gasteiger partial charge in [-0.2, -0.15) is 5.10 Å². The van der Waals surface area contributed by atoms with Crippen molar-refractivity contribution < 1.29 is 9.90 Å². The molecule has 0 fully saturated rings. The van der Waals surface area contributed by atoms with E-state index >= 15 is 0 Å². The van der Waals surface area contributed by atoms with Crippen LogP contribution in [0.1, 0.15) is 22.5 Å². The van der Waals surface area contributed by atoms with Crippen molar-refractivity contribution in [1.82, 2.24) is 9.99 Å². The van der Waals surface area contributed by atoms with Gasteiger partial charge in [0.25, 0.3) is 5.91 Å². The fourth-order valence-corrected chi connectivity index (χ4v) is 2.93. The molecule has 0 atom stereocenters. The minimum Gasteiger partial charge on any atom is -0.507 e. The van der Waals surface area contributed by atoms with E-state index in [1.165, 1.54) is 0 Å². The number of aromatic nitrogens is 1. The number of phenols is 1. The zero-order chi connectivity index (χ0) is 15.8. The highest BCUT2D eigenvalue weighted by atomic mass is 16.3. The highest BCUT2D eigenvalue weighted by Crippen LogP contribution is 2.25. The average molecular weight is 305 g/mol. The van der Waals surface area contributed by atoms with Gasteiger partial charge in [-0.25, -0.2) is 5.43 Å². The number of hydrazone groups is 1. The molecule has 3 aromatic rings. The molecule has 2 aromatic carbocycles. The van der Waals surface area contributed by atoms with E-state index in [9.17, 15) is 9.90 Å². The standard InChI is InChI=1S/C18H15N3O2/c22-17-11-13-5-2-1-4-12(13)10-14(17)18(23)20-19-15-7-9-21-8-3-6-16(15)21/h1-6,8,10-11,22H,7,9H2,(H,20,23)/b19-15-. The molecule has 5 heteroatoms. The predicted molar refractivity (Wildman–Crippen MR) is 88.7 cm³/mol. The number of carbonyl (C=O) groups is 1. The van der Waals surface area contributed by atoms with Crippen LogP contribution in [0.4, 0.5) is 0 Å². The molecular formula is C18H15N3O2. The summed E-state index contributed by atoms with van der Waals surface area (Å²) in [7, 11) is 0. The van der Waals surface area contributed by atoms with Crippen LogP contribution in [0.15, 0.2) is 59.8 Å². The van der Waals surface area contributed by atoms with E-state index in [2.05, 4.69) is 15.1 Å². The number of hydrogen-bond donors (Lipinski definition) is 2. The summed E-state index contributed by atoms with van der Waals surface area (Å²) in [5.74, 6) is -0.457. The lowest BCUT2D eigenvalue weighted by molar-refractivity contribution is 0.0952. The summed E-state index contributed by atoms with van der Waals surface area (Å²) < 4.78 is 2.10. The second kappa shape index (κ2) is 5.28. The normalized spacial score (nSPS) is 15.0. The van der Waals surface area contributed by atoms with E-state index in [4.69, 9.17) is 0 Å². The largest absolute Gasteiger partial charge is 0.507 e. The van der Waals surface area contributed by atoms with Crippen molar-refractivity contribution in [1.29, 1.82) is 0 Å². The SMILES string of the molecule is O=C(N/N=C1/CCn2cccc21)c1cc2ccccc2cc1O. The highest BCUT2D eigenvalue weighted by molar-refractivity contribution is 6.04. The van der Waals surface area contributed by atoms with Crippen LogP contribution in [0.3, 0.4) is 0 Å². The lowest BCUT2D eigenvalue weighted by Gasteiger charge is -2.06. The Morgan fingerprint density at radius 2 is 1.91 bits per heavy atom. The molecule has 1 amide bonds. The zero-order valence-electron chi connectivity index (χ0n) is 12.4. The van der Waals surface area contributed by atoms with Crippen LogP contribution < -0.4 is 5.43 Å². The molecule has 0 spiro atoms. The van der Waals surface area contributed by atoms with Crippen LogP contribution in [0.2, 0.25) is 0 Å². The number of nitrogens with one attached hydrogen (secondary N) is 1. The second-order valence-corrected chi connectivity index (χ2v) is 5.55. The summed E-state index contributed by atoms with van der Waals surface area (Å²) >= 11 is 0. The van der Waals surface area contributed by atoms with Crippen LogP contribution in [0, 0.1) is 0 Å². The van der Waals surface area contributed by atoms with Crippen molar-refractivity contribution in [2.75, 3.05) is 0 Å². The summed E-state index contributed by atoms with van der Waals surface area (Å²) in [6, 6.07) is 14.8. The number of rotatable bonds is 2. The molecule has 5 nitrogen and oxygen atoms in total. The number of aromatic hydroxyl groups is 1. The van der Waals surface area contributed by atoms with Crippen molar-refractivity contribution in [2.24, 2.45) is 5.10 Å². The highest BCUT2D eigenvalue weighted by Gasteiger charge is 2.18. The lowest BCUT2D eigenvalue weighted by atomic mass is 10.1. The van der Waals surface area contributed by atoms with Gasteiger partial charge in [-0.1, -0.05) is 24.3 Å². The molecule has 0 saturated heterocycles. The maximum atomic E-state index is 12.3. The monoisotopic (exact) mass is 305 g/mol. The molecule has 1 aliphatic heterocycles. The molecular weight excluding hydrogens is 290 g/mol. The first kappa shape index (κ1) is 13.6. The minimum atomic E-state index is -0.411. The lowest BCUT2D eigenvalue weighted by Crippen LogP contribution is -2.19. The Labute approximate surface area is 132 Å². The number of carbonyl (C=O) groups excluding carboxylic acids is 1. The van der Waals surface area contributed by atoms with E-state index in [1.807, 2.05) is 42.6 Å². The first-order valence-electron chi connectivity index (χ1n) is 7.46. The third kappa shape index (κ3) is 2.36. The molecule has 23 heavy (non-hydrogen) atoms. The van der Waals surface area contributed by atoms with Crippen LogP contribution in [0.5, 0.6) is 5.75 Å². The van der Waals surface area contributed by atoms with Gasteiger partial charge in [0.1, 0.15) is 5.75 Å². The summed E-state index contributed by atoms with van der Waals surface area (Å²) in [6.07, 6.45) is 2.79. The number of aryl methyl sites for hydroxylation is 1. The van der Waals surface area contributed by atoms with Crippen molar-refractivity contribution in [3.63, 3.8) is 0 Å². The molecule has 114 valence electrons. The molecule has 2 N–H and O–H groups in total. The van der Waals surface area contributed by atoms with Gasteiger partial charge in [-0.05, 0) is 35.0 Å². The van der Waals surface area contributed by atoms with Crippen LogP contribution in [0.25, 0.3) is 10.8 Å². The van der Waals surface area contributed by atoms with Crippen LogP contribution in [-0.4, -0.2) is 21.3 Å². The van der Waals surface area contributed by atoms with Crippen LogP contribution in [-0.2, 0) is 6.54 Å². The number of benzene rings is 2. The Morgan fingerprint density at radius 3 is 2.74 bits per heavy atom. The number of fused-ring (bicyclic) bond motifs is 2. The van der Waals surface area contributed by atoms with E-state index in [1.54, 1.807) is 12.1 Å².